The number of thiophene rings is 1. The standard InChI is InChI=1S/C11H17NO3S2/c1-9-3-2-5-12(7-9)17(14,15)11-4-6-16-10(11)8-13/h4,6,9,13H,2-3,5,7-8H2,1H3. The summed E-state index contributed by atoms with van der Waals surface area (Å²) in [5, 5.41) is 10.9. The summed E-state index contributed by atoms with van der Waals surface area (Å²) in [7, 11) is -3.41. The van der Waals surface area contributed by atoms with Gasteiger partial charge in [-0.1, -0.05) is 6.92 Å². The van der Waals surface area contributed by atoms with Crippen molar-refractivity contribution >= 4 is 21.4 Å². The molecule has 2 rings (SSSR count). The Morgan fingerprint density at radius 3 is 3.00 bits per heavy atom. The molecule has 1 aromatic heterocycles. The molecule has 0 aliphatic carbocycles. The quantitative estimate of drug-likeness (QED) is 0.912. The van der Waals surface area contributed by atoms with Gasteiger partial charge >= 0.3 is 0 Å². The van der Waals surface area contributed by atoms with Gasteiger partial charge in [-0.3, -0.25) is 0 Å². The van der Waals surface area contributed by atoms with Crippen molar-refractivity contribution in [3.8, 4) is 0 Å². The molecule has 2 heterocycles. The van der Waals surface area contributed by atoms with Crippen LogP contribution < -0.4 is 0 Å². The number of hydrogen-bond donors (Lipinski definition) is 1. The molecule has 0 amide bonds. The van der Waals surface area contributed by atoms with Gasteiger partial charge in [-0.25, -0.2) is 8.42 Å². The summed E-state index contributed by atoms with van der Waals surface area (Å²) in [6, 6.07) is 1.59. The summed E-state index contributed by atoms with van der Waals surface area (Å²) in [5.74, 6) is 0.412. The third-order valence-electron chi connectivity index (χ3n) is 3.09. The Kier molecular flexibility index (Phi) is 3.87. The maximum Gasteiger partial charge on any atom is 0.244 e. The molecule has 96 valence electrons. The Morgan fingerprint density at radius 1 is 1.59 bits per heavy atom. The normalized spacial score (nSPS) is 22.8. The van der Waals surface area contributed by atoms with Crippen LogP contribution in [0.3, 0.4) is 0 Å². The van der Waals surface area contributed by atoms with Crippen LogP contribution in [0.4, 0.5) is 0 Å². The molecule has 1 aromatic rings. The van der Waals surface area contributed by atoms with Crippen molar-refractivity contribution in [1.82, 2.24) is 4.31 Å². The van der Waals surface area contributed by atoms with Gasteiger partial charge in [-0.2, -0.15) is 4.31 Å². The minimum Gasteiger partial charge on any atom is -0.391 e. The molecule has 1 saturated heterocycles. The van der Waals surface area contributed by atoms with E-state index in [1.165, 1.54) is 11.3 Å². The second-order valence-electron chi connectivity index (χ2n) is 4.48. The average Bonchev–Trinajstić information content (AvgIpc) is 2.77. The van der Waals surface area contributed by atoms with Crippen molar-refractivity contribution in [2.24, 2.45) is 5.92 Å². The van der Waals surface area contributed by atoms with Gasteiger partial charge in [0.25, 0.3) is 0 Å². The highest BCUT2D eigenvalue weighted by molar-refractivity contribution is 7.89. The summed E-state index contributed by atoms with van der Waals surface area (Å²) in [4.78, 5) is 0.808. The third kappa shape index (κ3) is 2.54. The fourth-order valence-electron chi connectivity index (χ4n) is 2.18. The van der Waals surface area contributed by atoms with Crippen molar-refractivity contribution in [1.29, 1.82) is 0 Å². The zero-order valence-electron chi connectivity index (χ0n) is 9.80. The molecular formula is C11H17NO3S2. The topological polar surface area (TPSA) is 57.6 Å². The van der Waals surface area contributed by atoms with Crippen LogP contribution in [0.1, 0.15) is 24.6 Å². The highest BCUT2D eigenvalue weighted by atomic mass is 32.2. The number of nitrogens with zero attached hydrogens (tertiary/aromatic N) is 1. The Labute approximate surface area is 106 Å². The van der Waals surface area contributed by atoms with Crippen molar-refractivity contribution in [2.45, 2.75) is 31.3 Å². The van der Waals surface area contributed by atoms with Gasteiger partial charge < -0.3 is 5.11 Å². The Morgan fingerprint density at radius 2 is 2.35 bits per heavy atom. The van der Waals surface area contributed by atoms with Gasteiger partial charge in [0.1, 0.15) is 0 Å². The lowest BCUT2D eigenvalue weighted by molar-refractivity contribution is 0.274. The molecule has 0 radical (unpaired) electrons. The fourth-order valence-corrected chi connectivity index (χ4v) is 5.04. The minimum absolute atomic E-state index is 0.213. The third-order valence-corrected chi connectivity index (χ3v) is 6.07. The second-order valence-corrected chi connectivity index (χ2v) is 7.38. The van der Waals surface area contributed by atoms with E-state index < -0.39 is 10.0 Å². The van der Waals surface area contributed by atoms with Crippen molar-refractivity contribution < 1.29 is 13.5 Å². The SMILES string of the molecule is CC1CCCN(S(=O)(=O)c2ccsc2CO)C1. The Balaban J connectivity index is 2.30. The van der Waals surface area contributed by atoms with Crippen LogP contribution in [0, 0.1) is 5.92 Å². The number of piperidine rings is 1. The summed E-state index contributed by atoms with van der Waals surface area (Å²) < 4.78 is 26.3. The van der Waals surface area contributed by atoms with Crippen molar-refractivity contribution in [3.63, 3.8) is 0 Å². The monoisotopic (exact) mass is 275 g/mol. The van der Waals surface area contributed by atoms with Crippen LogP contribution in [0.2, 0.25) is 0 Å². The van der Waals surface area contributed by atoms with E-state index in [1.807, 2.05) is 0 Å². The second kappa shape index (κ2) is 5.06. The number of rotatable bonds is 3. The predicted molar refractivity (Wildman–Crippen MR) is 67.4 cm³/mol. The van der Waals surface area contributed by atoms with E-state index >= 15 is 0 Å². The van der Waals surface area contributed by atoms with E-state index in [0.29, 0.717) is 23.9 Å². The molecule has 0 aromatic carbocycles. The first-order valence-corrected chi connectivity index (χ1v) is 8.05. The lowest BCUT2D eigenvalue weighted by Crippen LogP contribution is -2.39. The van der Waals surface area contributed by atoms with E-state index in [4.69, 9.17) is 5.11 Å². The molecule has 1 aliphatic rings. The van der Waals surface area contributed by atoms with Crippen LogP contribution in [-0.2, 0) is 16.6 Å². The van der Waals surface area contributed by atoms with E-state index in [0.717, 1.165) is 12.8 Å². The molecule has 1 fully saturated rings. The molecule has 0 bridgehead atoms. The molecule has 0 spiro atoms. The lowest BCUT2D eigenvalue weighted by atomic mass is 10.0. The van der Waals surface area contributed by atoms with Crippen LogP contribution in [-0.4, -0.2) is 30.9 Å². The number of sulfonamides is 1. The maximum atomic E-state index is 12.4. The first-order valence-electron chi connectivity index (χ1n) is 5.73. The zero-order valence-corrected chi connectivity index (χ0v) is 11.4. The molecule has 17 heavy (non-hydrogen) atoms. The minimum atomic E-state index is -3.41. The molecule has 0 saturated carbocycles. The van der Waals surface area contributed by atoms with Gasteiger partial charge in [-0.05, 0) is 30.2 Å². The molecule has 1 N–H and O–H groups in total. The molecular weight excluding hydrogens is 258 g/mol. The van der Waals surface area contributed by atoms with E-state index in [-0.39, 0.29) is 11.5 Å². The highest BCUT2D eigenvalue weighted by Crippen LogP contribution is 2.28. The predicted octanol–water partition coefficient (Wildman–Crippen LogP) is 1.66. The van der Waals surface area contributed by atoms with Gasteiger partial charge in [0, 0.05) is 18.0 Å². The number of hydrogen-bond acceptors (Lipinski definition) is 4. The van der Waals surface area contributed by atoms with Crippen LogP contribution in [0.15, 0.2) is 16.3 Å². The summed E-state index contributed by atoms with van der Waals surface area (Å²) in [6.45, 7) is 3.04. The first-order chi connectivity index (χ1) is 8.05. The van der Waals surface area contributed by atoms with Gasteiger partial charge in [-0.15, -0.1) is 11.3 Å². The molecule has 1 unspecified atom stereocenters. The van der Waals surface area contributed by atoms with Crippen molar-refractivity contribution in [2.75, 3.05) is 13.1 Å². The largest absolute Gasteiger partial charge is 0.391 e. The average molecular weight is 275 g/mol. The number of aliphatic hydroxyl groups excluding tert-OH is 1. The van der Waals surface area contributed by atoms with E-state index in [2.05, 4.69) is 6.92 Å². The zero-order chi connectivity index (χ0) is 12.5. The van der Waals surface area contributed by atoms with Gasteiger partial charge in [0.05, 0.1) is 11.5 Å². The van der Waals surface area contributed by atoms with E-state index in [1.54, 1.807) is 15.8 Å². The molecule has 6 heteroatoms. The molecule has 1 atom stereocenters. The summed E-state index contributed by atoms with van der Waals surface area (Å²) >= 11 is 1.29. The van der Waals surface area contributed by atoms with Crippen LogP contribution >= 0.6 is 11.3 Å². The van der Waals surface area contributed by atoms with Crippen LogP contribution in [0.25, 0.3) is 0 Å². The smallest absolute Gasteiger partial charge is 0.244 e. The fraction of sp³-hybridized carbons (Fsp3) is 0.636. The molecule has 4 nitrogen and oxygen atoms in total. The first kappa shape index (κ1) is 13.0. The lowest BCUT2D eigenvalue weighted by Gasteiger charge is -2.30. The van der Waals surface area contributed by atoms with E-state index in [9.17, 15) is 8.42 Å². The van der Waals surface area contributed by atoms with Gasteiger partial charge in [0.15, 0.2) is 0 Å². The Hall–Kier alpha value is -0.430. The number of aliphatic hydroxyl groups is 1. The Bertz CT molecular complexity index is 481. The highest BCUT2D eigenvalue weighted by Gasteiger charge is 2.30. The van der Waals surface area contributed by atoms with Gasteiger partial charge in [0.2, 0.25) is 10.0 Å². The van der Waals surface area contributed by atoms with Crippen LogP contribution in [0.5, 0.6) is 0 Å². The van der Waals surface area contributed by atoms with Crippen molar-refractivity contribution in [3.05, 3.63) is 16.3 Å². The maximum absolute atomic E-state index is 12.4. The summed E-state index contributed by atoms with van der Waals surface area (Å²) in [5.41, 5.74) is 0. The molecule has 1 aliphatic heterocycles. The summed E-state index contributed by atoms with van der Waals surface area (Å²) in [6.07, 6.45) is 2.00.